The number of carbonyl (C=O) groups is 1. The zero-order valence-electron chi connectivity index (χ0n) is 12.7. The van der Waals surface area contributed by atoms with E-state index in [1.165, 1.54) is 19.4 Å². The predicted octanol–water partition coefficient (Wildman–Crippen LogP) is 1.32. The van der Waals surface area contributed by atoms with Crippen molar-refractivity contribution in [1.82, 2.24) is 15.1 Å². The van der Waals surface area contributed by atoms with Gasteiger partial charge in [0, 0.05) is 25.7 Å². The monoisotopic (exact) mass is 267 g/mol. The lowest BCUT2D eigenvalue weighted by molar-refractivity contribution is -0.133. The molecule has 0 bridgehead atoms. The maximum Gasteiger partial charge on any atom is 0.239 e. The molecule has 2 atom stereocenters. The van der Waals surface area contributed by atoms with E-state index in [0.29, 0.717) is 17.9 Å². The first-order valence-corrected chi connectivity index (χ1v) is 7.84. The molecule has 0 aromatic carbocycles. The molecular formula is C15H29N3O. The van der Waals surface area contributed by atoms with Crippen molar-refractivity contribution in [3.05, 3.63) is 0 Å². The second-order valence-electron chi connectivity index (χ2n) is 6.41. The van der Waals surface area contributed by atoms with E-state index in [1.54, 1.807) is 0 Å². The molecule has 0 aliphatic carbocycles. The smallest absolute Gasteiger partial charge is 0.239 e. The molecule has 110 valence electrons. The van der Waals surface area contributed by atoms with Crippen LogP contribution in [0.4, 0.5) is 0 Å². The molecule has 0 saturated carbocycles. The summed E-state index contributed by atoms with van der Waals surface area (Å²) in [6.07, 6.45) is 3.63. The minimum atomic E-state index is -0.00714. The third kappa shape index (κ3) is 3.93. The summed E-state index contributed by atoms with van der Waals surface area (Å²) in [4.78, 5) is 16.9. The van der Waals surface area contributed by atoms with Gasteiger partial charge in [0.1, 0.15) is 0 Å². The highest BCUT2D eigenvalue weighted by molar-refractivity contribution is 5.81. The molecular weight excluding hydrogens is 238 g/mol. The number of piperidine rings is 1. The van der Waals surface area contributed by atoms with Crippen molar-refractivity contribution in [2.45, 2.75) is 52.1 Å². The number of carbonyl (C=O) groups excluding carboxylic acids is 1. The molecule has 2 aliphatic rings. The third-order valence-electron chi connectivity index (χ3n) is 4.50. The fraction of sp³-hybridized carbons (Fsp3) is 0.933. The Labute approximate surface area is 117 Å². The first-order chi connectivity index (χ1) is 9.08. The Morgan fingerprint density at radius 3 is 2.84 bits per heavy atom. The van der Waals surface area contributed by atoms with Crippen molar-refractivity contribution in [2.24, 2.45) is 5.92 Å². The number of amides is 1. The van der Waals surface area contributed by atoms with Crippen molar-refractivity contribution in [3.8, 4) is 0 Å². The topological polar surface area (TPSA) is 35.6 Å². The number of likely N-dealkylation sites (tertiary alicyclic amines) is 1. The fourth-order valence-corrected chi connectivity index (χ4v) is 3.27. The van der Waals surface area contributed by atoms with Crippen molar-refractivity contribution in [1.29, 1.82) is 0 Å². The van der Waals surface area contributed by atoms with E-state index >= 15 is 0 Å². The summed E-state index contributed by atoms with van der Waals surface area (Å²) in [6.45, 7) is 11.7. The van der Waals surface area contributed by atoms with Gasteiger partial charge in [-0.3, -0.25) is 4.79 Å². The predicted molar refractivity (Wildman–Crippen MR) is 78.1 cm³/mol. The number of nitrogens with zero attached hydrogens (tertiary/aromatic N) is 2. The van der Waals surface area contributed by atoms with Crippen molar-refractivity contribution in [2.75, 3.05) is 32.7 Å². The summed E-state index contributed by atoms with van der Waals surface area (Å²) < 4.78 is 0. The molecule has 1 N–H and O–H groups in total. The summed E-state index contributed by atoms with van der Waals surface area (Å²) in [5, 5.41) is 3.29. The molecule has 0 spiro atoms. The van der Waals surface area contributed by atoms with Crippen LogP contribution in [-0.4, -0.2) is 60.5 Å². The van der Waals surface area contributed by atoms with Crippen LogP contribution in [0.25, 0.3) is 0 Å². The van der Waals surface area contributed by atoms with Crippen molar-refractivity contribution < 1.29 is 4.79 Å². The van der Waals surface area contributed by atoms with Gasteiger partial charge in [-0.1, -0.05) is 0 Å². The largest absolute Gasteiger partial charge is 0.341 e. The van der Waals surface area contributed by atoms with Gasteiger partial charge in [0.15, 0.2) is 0 Å². The maximum absolute atomic E-state index is 12.3. The summed E-state index contributed by atoms with van der Waals surface area (Å²) >= 11 is 0. The lowest BCUT2D eigenvalue weighted by Crippen LogP contribution is -2.47. The summed E-state index contributed by atoms with van der Waals surface area (Å²) in [5.74, 6) is 0.949. The van der Waals surface area contributed by atoms with Gasteiger partial charge in [0.2, 0.25) is 5.91 Å². The van der Waals surface area contributed by atoms with Crippen LogP contribution in [0.15, 0.2) is 0 Å². The van der Waals surface area contributed by atoms with E-state index in [1.807, 2.05) is 6.92 Å². The maximum atomic E-state index is 12.3. The average Bonchev–Trinajstić information content (AvgIpc) is 2.55. The Kier molecular flexibility index (Phi) is 5.22. The average molecular weight is 267 g/mol. The third-order valence-corrected chi connectivity index (χ3v) is 4.50. The van der Waals surface area contributed by atoms with E-state index in [0.717, 1.165) is 32.6 Å². The van der Waals surface area contributed by atoms with E-state index < -0.39 is 0 Å². The van der Waals surface area contributed by atoms with Gasteiger partial charge in [0.25, 0.3) is 0 Å². The SMILES string of the molecule is CC1NCCCN(CC2CCCN(C(C)C)C2)C1=O. The van der Waals surface area contributed by atoms with E-state index in [2.05, 4.69) is 29.0 Å². The molecule has 4 heteroatoms. The fourth-order valence-electron chi connectivity index (χ4n) is 3.27. The number of nitrogens with one attached hydrogen (secondary N) is 1. The lowest BCUT2D eigenvalue weighted by atomic mass is 9.96. The van der Waals surface area contributed by atoms with E-state index in [9.17, 15) is 4.79 Å². The minimum Gasteiger partial charge on any atom is -0.341 e. The van der Waals surface area contributed by atoms with Crippen LogP contribution < -0.4 is 5.32 Å². The normalized spacial score (nSPS) is 30.7. The van der Waals surface area contributed by atoms with Gasteiger partial charge < -0.3 is 15.1 Å². The Balaban J connectivity index is 1.90. The summed E-state index contributed by atoms with van der Waals surface area (Å²) in [7, 11) is 0. The molecule has 2 rings (SSSR count). The Morgan fingerprint density at radius 2 is 2.11 bits per heavy atom. The van der Waals surface area contributed by atoms with Crippen LogP contribution in [0.3, 0.4) is 0 Å². The molecule has 2 aliphatic heterocycles. The van der Waals surface area contributed by atoms with Crippen LogP contribution >= 0.6 is 0 Å². The highest BCUT2D eigenvalue weighted by Crippen LogP contribution is 2.20. The molecule has 0 radical (unpaired) electrons. The van der Waals surface area contributed by atoms with Crippen LogP contribution in [0.5, 0.6) is 0 Å². The summed E-state index contributed by atoms with van der Waals surface area (Å²) in [5.41, 5.74) is 0. The van der Waals surface area contributed by atoms with Gasteiger partial charge in [-0.25, -0.2) is 0 Å². The van der Waals surface area contributed by atoms with Gasteiger partial charge >= 0.3 is 0 Å². The number of rotatable bonds is 3. The first-order valence-electron chi connectivity index (χ1n) is 7.84. The Morgan fingerprint density at radius 1 is 1.32 bits per heavy atom. The summed E-state index contributed by atoms with van der Waals surface area (Å²) in [6, 6.07) is 0.621. The first kappa shape index (κ1) is 14.8. The second-order valence-corrected chi connectivity index (χ2v) is 6.41. The second kappa shape index (κ2) is 6.71. The molecule has 2 saturated heterocycles. The van der Waals surface area contributed by atoms with Crippen LogP contribution in [0, 0.1) is 5.92 Å². The Hall–Kier alpha value is -0.610. The highest BCUT2D eigenvalue weighted by atomic mass is 16.2. The van der Waals surface area contributed by atoms with Gasteiger partial charge in [-0.15, -0.1) is 0 Å². The zero-order chi connectivity index (χ0) is 13.8. The van der Waals surface area contributed by atoms with Gasteiger partial charge in [-0.2, -0.15) is 0 Å². The van der Waals surface area contributed by atoms with Gasteiger partial charge in [-0.05, 0) is 59.0 Å². The Bertz CT molecular complexity index is 306. The van der Waals surface area contributed by atoms with Crippen LogP contribution in [-0.2, 0) is 4.79 Å². The minimum absolute atomic E-state index is 0.00714. The van der Waals surface area contributed by atoms with Crippen molar-refractivity contribution in [3.63, 3.8) is 0 Å². The number of hydrogen-bond donors (Lipinski definition) is 1. The molecule has 0 aromatic rings. The molecule has 2 unspecified atom stereocenters. The molecule has 4 nitrogen and oxygen atoms in total. The molecule has 2 fully saturated rings. The zero-order valence-corrected chi connectivity index (χ0v) is 12.7. The standard InChI is InChI=1S/C15H29N3O/c1-12(2)17-8-4-6-14(10-17)11-18-9-5-7-16-13(3)15(18)19/h12-14,16H,4-11H2,1-3H3. The molecule has 0 aromatic heterocycles. The van der Waals surface area contributed by atoms with E-state index in [4.69, 9.17) is 0 Å². The molecule has 2 heterocycles. The lowest BCUT2D eigenvalue weighted by Gasteiger charge is -2.37. The van der Waals surface area contributed by atoms with Crippen LogP contribution in [0.2, 0.25) is 0 Å². The van der Waals surface area contributed by atoms with Gasteiger partial charge in [0.05, 0.1) is 6.04 Å². The number of hydrogen-bond acceptors (Lipinski definition) is 3. The van der Waals surface area contributed by atoms with Crippen molar-refractivity contribution >= 4 is 5.91 Å². The highest BCUT2D eigenvalue weighted by Gasteiger charge is 2.28. The van der Waals surface area contributed by atoms with E-state index in [-0.39, 0.29) is 6.04 Å². The van der Waals surface area contributed by atoms with Crippen LogP contribution in [0.1, 0.15) is 40.0 Å². The molecule has 19 heavy (non-hydrogen) atoms. The molecule has 1 amide bonds. The quantitative estimate of drug-likeness (QED) is 0.837.